The van der Waals surface area contributed by atoms with Crippen LogP contribution in [-0.4, -0.2) is 58.0 Å². The number of benzene rings is 1. The van der Waals surface area contributed by atoms with Crippen LogP contribution in [0.5, 0.6) is 0 Å². The van der Waals surface area contributed by atoms with Gasteiger partial charge in [-0.05, 0) is 37.8 Å². The maximum Gasteiger partial charge on any atom is 0.347 e. The number of hydrogen-bond acceptors (Lipinski definition) is 4. The van der Waals surface area contributed by atoms with Crippen LogP contribution < -0.4 is 5.69 Å². The van der Waals surface area contributed by atoms with Crippen LogP contribution in [0.2, 0.25) is 0 Å². The number of aromatic amines is 1. The van der Waals surface area contributed by atoms with Crippen LogP contribution in [0.25, 0.3) is 5.69 Å². The number of nitrogens with one attached hydrogen (secondary N) is 1. The second-order valence-electron chi connectivity index (χ2n) is 6.87. The molecule has 26 heavy (non-hydrogen) atoms. The highest BCUT2D eigenvalue weighted by atomic mass is 32.2. The molecule has 0 unspecified atom stereocenters. The van der Waals surface area contributed by atoms with E-state index in [0.717, 1.165) is 31.4 Å². The lowest BCUT2D eigenvalue weighted by Gasteiger charge is -2.33. The molecule has 1 atom stereocenters. The third kappa shape index (κ3) is 3.10. The normalized spacial score (nSPS) is 22.7. The van der Waals surface area contributed by atoms with E-state index in [4.69, 9.17) is 0 Å². The van der Waals surface area contributed by atoms with Crippen molar-refractivity contribution in [2.24, 2.45) is 0 Å². The van der Waals surface area contributed by atoms with Crippen LogP contribution in [0.3, 0.4) is 0 Å². The standard InChI is InChI=1S/C17H23N5O3S/c23-17-19-18-16(22(17)15-8-2-1-3-9-15)14-7-6-12-21(13-14)26(24,25)20-10-4-5-11-20/h1-3,8-9,14H,4-7,10-13H2,(H,19,23)/t14-/m0/s1. The predicted molar refractivity (Wildman–Crippen MR) is 97.5 cm³/mol. The quantitative estimate of drug-likeness (QED) is 0.863. The average Bonchev–Trinajstić information content (AvgIpc) is 3.33. The predicted octanol–water partition coefficient (Wildman–Crippen LogP) is 1.08. The Balaban J connectivity index is 1.62. The van der Waals surface area contributed by atoms with Crippen molar-refractivity contribution >= 4 is 10.2 Å². The number of hydrogen-bond donors (Lipinski definition) is 1. The summed E-state index contributed by atoms with van der Waals surface area (Å²) in [5.41, 5.74) is 0.437. The van der Waals surface area contributed by atoms with Gasteiger partial charge in [-0.3, -0.25) is 0 Å². The first-order chi connectivity index (χ1) is 12.6. The zero-order chi connectivity index (χ0) is 18.1. The summed E-state index contributed by atoms with van der Waals surface area (Å²) < 4.78 is 30.4. The summed E-state index contributed by atoms with van der Waals surface area (Å²) in [5.74, 6) is 0.489. The molecular weight excluding hydrogens is 354 g/mol. The molecule has 1 aromatic heterocycles. The van der Waals surface area contributed by atoms with E-state index < -0.39 is 10.2 Å². The number of aromatic nitrogens is 3. The van der Waals surface area contributed by atoms with Gasteiger partial charge in [0, 0.05) is 32.1 Å². The molecule has 0 spiro atoms. The highest BCUT2D eigenvalue weighted by Gasteiger charge is 2.36. The topological polar surface area (TPSA) is 91.3 Å². The highest BCUT2D eigenvalue weighted by Crippen LogP contribution is 2.29. The molecule has 0 bridgehead atoms. The van der Waals surface area contributed by atoms with E-state index in [2.05, 4.69) is 10.2 Å². The van der Waals surface area contributed by atoms with Gasteiger partial charge in [-0.25, -0.2) is 14.5 Å². The van der Waals surface area contributed by atoms with Crippen LogP contribution >= 0.6 is 0 Å². The fourth-order valence-corrected chi connectivity index (χ4v) is 5.63. The molecule has 1 aromatic carbocycles. The molecule has 2 fully saturated rings. The van der Waals surface area contributed by atoms with Gasteiger partial charge in [0.25, 0.3) is 10.2 Å². The molecule has 9 heteroatoms. The Hall–Kier alpha value is -1.97. The van der Waals surface area contributed by atoms with Gasteiger partial charge >= 0.3 is 5.69 Å². The van der Waals surface area contributed by atoms with E-state index in [1.807, 2.05) is 30.3 Å². The minimum atomic E-state index is -3.43. The van der Waals surface area contributed by atoms with Gasteiger partial charge in [0.05, 0.1) is 5.69 Å². The lowest BCUT2D eigenvalue weighted by Crippen LogP contribution is -2.47. The Morgan fingerprint density at radius 1 is 1.00 bits per heavy atom. The van der Waals surface area contributed by atoms with Crippen molar-refractivity contribution in [2.75, 3.05) is 26.2 Å². The zero-order valence-corrected chi connectivity index (χ0v) is 15.4. The molecule has 2 aliphatic heterocycles. The van der Waals surface area contributed by atoms with E-state index in [-0.39, 0.29) is 11.6 Å². The molecule has 2 aliphatic rings. The van der Waals surface area contributed by atoms with Gasteiger partial charge in [-0.2, -0.15) is 22.1 Å². The summed E-state index contributed by atoms with van der Waals surface area (Å²) in [6, 6.07) is 9.32. The molecule has 0 saturated carbocycles. The van der Waals surface area contributed by atoms with E-state index >= 15 is 0 Å². The van der Waals surface area contributed by atoms with Crippen LogP contribution in [0.1, 0.15) is 37.4 Å². The summed E-state index contributed by atoms with van der Waals surface area (Å²) >= 11 is 0. The summed E-state index contributed by atoms with van der Waals surface area (Å²) in [5, 5.41) is 6.74. The van der Waals surface area contributed by atoms with Crippen molar-refractivity contribution in [3.63, 3.8) is 0 Å². The molecule has 8 nitrogen and oxygen atoms in total. The Bertz CT molecular complexity index is 915. The van der Waals surface area contributed by atoms with Gasteiger partial charge in [-0.1, -0.05) is 18.2 Å². The maximum absolute atomic E-state index is 12.9. The second-order valence-corrected chi connectivity index (χ2v) is 8.80. The number of rotatable bonds is 4. The number of nitrogens with zero attached hydrogens (tertiary/aromatic N) is 4. The van der Waals surface area contributed by atoms with Crippen molar-refractivity contribution in [1.82, 2.24) is 23.4 Å². The number of H-pyrrole nitrogens is 1. The van der Waals surface area contributed by atoms with Gasteiger partial charge in [0.15, 0.2) is 0 Å². The molecular formula is C17H23N5O3S. The van der Waals surface area contributed by atoms with Crippen LogP contribution in [0.4, 0.5) is 0 Å². The molecule has 1 N–H and O–H groups in total. The van der Waals surface area contributed by atoms with Crippen LogP contribution in [0, 0.1) is 0 Å². The second kappa shape index (κ2) is 6.98. The summed E-state index contributed by atoms with van der Waals surface area (Å²) in [7, 11) is -3.43. The summed E-state index contributed by atoms with van der Waals surface area (Å²) in [4.78, 5) is 12.3. The van der Waals surface area contributed by atoms with Crippen molar-refractivity contribution in [3.05, 3.63) is 46.6 Å². The molecule has 0 aliphatic carbocycles. The lowest BCUT2D eigenvalue weighted by molar-refractivity contribution is 0.286. The first-order valence-electron chi connectivity index (χ1n) is 9.05. The maximum atomic E-state index is 12.9. The molecule has 0 radical (unpaired) electrons. The minimum Gasteiger partial charge on any atom is -0.247 e. The smallest absolute Gasteiger partial charge is 0.247 e. The van der Waals surface area contributed by atoms with E-state index in [0.29, 0.717) is 32.0 Å². The van der Waals surface area contributed by atoms with Crippen molar-refractivity contribution < 1.29 is 8.42 Å². The lowest BCUT2D eigenvalue weighted by atomic mass is 9.98. The molecule has 2 saturated heterocycles. The minimum absolute atomic E-state index is 0.111. The molecule has 140 valence electrons. The first-order valence-corrected chi connectivity index (χ1v) is 10.4. The first kappa shape index (κ1) is 17.4. The molecule has 4 rings (SSSR count). The summed E-state index contributed by atoms with van der Waals surface area (Å²) in [6.45, 7) is 2.08. The molecule has 3 heterocycles. The average molecular weight is 377 g/mol. The van der Waals surface area contributed by atoms with E-state index in [1.165, 1.54) is 0 Å². The third-order valence-electron chi connectivity index (χ3n) is 5.18. The van der Waals surface area contributed by atoms with E-state index in [1.54, 1.807) is 13.2 Å². The molecule has 2 aromatic rings. The van der Waals surface area contributed by atoms with Gasteiger partial charge in [0.2, 0.25) is 0 Å². The van der Waals surface area contributed by atoms with Gasteiger partial charge in [-0.15, -0.1) is 0 Å². The van der Waals surface area contributed by atoms with Crippen molar-refractivity contribution in [2.45, 2.75) is 31.6 Å². The monoisotopic (exact) mass is 377 g/mol. The molecule has 0 amide bonds. The Morgan fingerprint density at radius 2 is 1.69 bits per heavy atom. The zero-order valence-electron chi connectivity index (χ0n) is 14.5. The fraction of sp³-hybridized carbons (Fsp3) is 0.529. The largest absolute Gasteiger partial charge is 0.347 e. The summed E-state index contributed by atoms with van der Waals surface area (Å²) in [6.07, 6.45) is 3.41. The third-order valence-corrected chi connectivity index (χ3v) is 7.18. The van der Waals surface area contributed by atoms with Gasteiger partial charge < -0.3 is 0 Å². The Morgan fingerprint density at radius 3 is 2.42 bits per heavy atom. The fourth-order valence-electron chi connectivity index (χ4n) is 3.85. The Kier molecular flexibility index (Phi) is 4.68. The van der Waals surface area contributed by atoms with Crippen LogP contribution in [-0.2, 0) is 10.2 Å². The van der Waals surface area contributed by atoms with Gasteiger partial charge in [0.1, 0.15) is 5.82 Å². The highest BCUT2D eigenvalue weighted by molar-refractivity contribution is 7.86. The number of piperidine rings is 1. The SMILES string of the molecule is O=c1[nH]nc([C@H]2CCCN(S(=O)(=O)N3CCCC3)C2)n1-c1ccccc1. The van der Waals surface area contributed by atoms with E-state index in [9.17, 15) is 13.2 Å². The number of para-hydroxylation sites is 1. The van der Waals surface area contributed by atoms with Crippen molar-refractivity contribution in [3.8, 4) is 5.69 Å². The van der Waals surface area contributed by atoms with Crippen LogP contribution in [0.15, 0.2) is 35.1 Å². The Labute approximate surface area is 152 Å². The van der Waals surface area contributed by atoms with Crippen molar-refractivity contribution in [1.29, 1.82) is 0 Å².